The number of benzene rings is 1. The summed E-state index contributed by atoms with van der Waals surface area (Å²) in [7, 11) is 0. The van der Waals surface area contributed by atoms with Crippen LogP contribution in [0.3, 0.4) is 0 Å². The van der Waals surface area contributed by atoms with E-state index in [0.717, 1.165) is 29.7 Å². The second kappa shape index (κ2) is 7.61. The van der Waals surface area contributed by atoms with Crippen LogP contribution in [0.15, 0.2) is 33.9 Å². The van der Waals surface area contributed by atoms with Crippen LogP contribution in [-0.4, -0.2) is 26.0 Å². The molecule has 1 aliphatic rings. The zero-order chi connectivity index (χ0) is 20.7. The minimum absolute atomic E-state index is 0.281. The fourth-order valence-corrected chi connectivity index (χ4v) is 5.20. The van der Waals surface area contributed by atoms with Gasteiger partial charge in [0, 0.05) is 15.5 Å². The molecule has 1 N–H and O–H groups in total. The van der Waals surface area contributed by atoms with Crippen LogP contribution < -0.4 is 11.2 Å². The summed E-state index contributed by atoms with van der Waals surface area (Å²) in [6.07, 6.45) is 3.45. The van der Waals surface area contributed by atoms with Crippen molar-refractivity contribution >= 4 is 44.9 Å². The van der Waals surface area contributed by atoms with Gasteiger partial charge in [-0.2, -0.15) is 0 Å². The van der Waals surface area contributed by atoms with Gasteiger partial charge in [0.1, 0.15) is 11.4 Å². The third kappa shape index (κ3) is 3.54. The lowest BCUT2D eigenvalue weighted by Gasteiger charge is -2.12. The molecule has 9 heteroatoms. The Hall–Kier alpha value is -2.71. The number of halogens is 1. The van der Waals surface area contributed by atoms with E-state index in [4.69, 9.17) is 16.7 Å². The van der Waals surface area contributed by atoms with Crippen molar-refractivity contribution < 1.29 is 14.7 Å². The van der Waals surface area contributed by atoms with Crippen molar-refractivity contribution in [2.24, 2.45) is 0 Å². The van der Waals surface area contributed by atoms with Crippen LogP contribution in [0.4, 0.5) is 0 Å². The minimum atomic E-state index is -1.29. The molecule has 7 nitrogen and oxygen atoms in total. The standard InChI is InChI=1S/C20H17ClN2O5S/c21-12-7-5-11(6-8-12)14(24)9-23-19-17(13-3-1-2-4-15(13)29-19)18(27)22(20(23)28)10-16(25)26/h5-8H,1-4,9-10H2,(H,25,26). The number of carboxylic acid groups (broad SMARTS) is 1. The summed E-state index contributed by atoms with van der Waals surface area (Å²) in [5.41, 5.74) is -0.118. The number of hydrogen-bond donors (Lipinski definition) is 1. The Morgan fingerprint density at radius 1 is 1.03 bits per heavy atom. The summed E-state index contributed by atoms with van der Waals surface area (Å²) >= 11 is 7.22. The number of Topliss-reactive ketones (excluding diaryl/α,β-unsaturated/α-hetero) is 1. The van der Waals surface area contributed by atoms with Crippen LogP contribution in [-0.2, 0) is 30.7 Å². The third-order valence-electron chi connectivity index (χ3n) is 5.08. The lowest BCUT2D eigenvalue weighted by Crippen LogP contribution is -2.42. The topological polar surface area (TPSA) is 98.4 Å². The number of aryl methyl sites for hydroxylation is 2. The summed E-state index contributed by atoms with van der Waals surface area (Å²) in [5, 5.41) is 10.0. The van der Waals surface area contributed by atoms with E-state index in [1.807, 2.05) is 0 Å². The summed E-state index contributed by atoms with van der Waals surface area (Å²) in [6, 6.07) is 6.31. The number of ketones is 1. The van der Waals surface area contributed by atoms with Crippen molar-refractivity contribution in [3.8, 4) is 0 Å². The summed E-state index contributed by atoms with van der Waals surface area (Å²) < 4.78 is 1.95. The predicted molar refractivity (Wildman–Crippen MR) is 110 cm³/mol. The summed E-state index contributed by atoms with van der Waals surface area (Å²) in [5.74, 6) is -1.61. The van der Waals surface area contributed by atoms with Crippen molar-refractivity contribution in [3.05, 3.63) is 66.1 Å². The molecule has 0 saturated heterocycles. The Labute approximate surface area is 173 Å². The molecule has 0 aliphatic heterocycles. The van der Waals surface area contributed by atoms with Gasteiger partial charge < -0.3 is 5.11 Å². The molecule has 3 aromatic rings. The molecule has 29 heavy (non-hydrogen) atoms. The molecule has 0 saturated carbocycles. The van der Waals surface area contributed by atoms with Crippen molar-refractivity contribution in [2.75, 3.05) is 0 Å². The van der Waals surface area contributed by atoms with Gasteiger partial charge in [0.2, 0.25) is 0 Å². The molecule has 0 unspecified atom stereocenters. The number of fused-ring (bicyclic) bond motifs is 3. The van der Waals surface area contributed by atoms with E-state index in [2.05, 4.69) is 0 Å². The van der Waals surface area contributed by atoms with Crippen molar-refractivity contribution in [3.63, 3.8) is 0 Å². The second-order valence-corrected chi connectivity index (χ2v) is 8.49. The average Bonchev–Trinajstić information content (AvgIpc) is 3.08. The molecular formula is C20H17ClN2O5S. The Bertz CT molecular complexity index is 1250. The van der Waals surface area contributed by atoms with Crippen LogP contribution in [0.2, 0.25) is 5.02 Å². The molecule has 4 rings (SSSR count). The van der Waals surface area contributed by atoms with E-state index < -0.39 is 23.8 Å². The zero-order valence-corrected chi connectivity index (χ0v) is 16.9. The van der Waals surface area contributed by atoms with Crippen LogP contribution in [0, 0.1) is 0 Å². The normalized spacial score (nSPS) is 13.4. The fourth-order valence-electron chi connectivity index (χ4n) is 3.70. The first-order valence-corrected chi connectivity index (χ1v) is 10.3. The molecule has 0 radical (unpaired) electrons. The van der Waals surface area contributed by atoms with Gasteiger partial charge in [-0.3, -0.25) is 19.0 Å². The highest BCUT2D eigenvalue weighted by Crippen LogP contribution is 2.34. The Balaban J connectivity index is 1.92. The molecule has 1 aromatic carbocycles. The van der Waals surface area contributed by atoms with Crippen LogP contribution >= 0.6 is 22.9 Å². The first-order chi connectivity index (χ1) is 13.9. The molecule has 0 amide bonds. The number of thiophene rings is 1. The van der Waals surface area contributed by atoms with E-state index in [9.17, 15) is 19.2 Å². The predicted octanol–water partition coefficient (Wildman–Crippen LogP) is 2.72. The van der Waals surface area contributed by atoms with Gasteiger partial charge in [-0.15, -0.1) is 11.3 Å². The first-order valence-electron chi connectivity index (χ1n) is 9.15. The molecule has 0 fully saturated rings. The highest BCUT2D eigenvalue weighted by molar-refractivity contribution is 7.18. The maximum absolute atomic E-state index is 13.0. The molecule has 2 aromatic heterocycles. The highest BCUT2D eigenvalue weighted by atomic mass is 35.5. The van der Waals surface area contributed by atoms with Gasteiger partial charge in [0.25, 0.3) is 5.56 Å². The number of aliphatic carboxylic acids is 1. The third-order valence-corrected chi connectivity index (χ3v) is 6.65. The molecular weight excluding hydrogens is 416 g/mol. The molecule has 2 heterocycles. The smallest absolute Gasteiger partial charge is 0.333 e. The number of aromatic nitrogens is 2. The zero-order valence-electron chi connectivity index (χ0n) is 15.3. The molecule has 150 valence electrons. The summed E-state index contributed by atoms with van der Waals surface area (Å²) in [4.78, 5) is 51.4. The first kappa shape index (κ1) is 19.6. The van der Waals surface area contributed by atoms with Crippen LogP contribution in [0.1, 0.15) is 33.6 Å². The van der Waals surface area contributed by atoms with Gasteiger partial charge in [0.05, 0.1) is 11.9 Å². The Morgan fingerprint density at radius 3 is 2.41 bits per heavy atom. The second-order valence-electron chi connectivity index (χ2n) is 6.97. The van der Waals surface area contributed by atoms with Crippen molar-refractivity contribution in [1.29, 1.82) is 0 Å². The van der Waals surface area contributed by atoms with Gasteiger partial charge in [-0.05, 0) is 55.5 Å². The maximum atomic E-state index is 13.0. The van der Waals surface area contributed by atoms with Crippen LogP contribution in [0.25, 0.3) is 10.2 Å². The van der Waals surface area contributed by atoms with Gasteiger partial charge in [-0.1, -0.05) is 11.6 Å². The van der Waals surface area contributed by atoms with E-state index in [1.54, 1.807) is 24.3 Å². The lowest BCUT2D eigenvalue weighted by atomic mass is 9.97. The van der Waals surface area contributed by atoms with E-state index in [1.165, 1.54) is 15.9 Å². The molecule has 0 spiro atoms. The quantitative estimate of drug-likeness (QED) is 0.625. The van der Waals surface area contributed by atoms with Crippen LogP contribution in [0.5, 0.6) is 0 Å². The number of carboxylic acids is 1. The van der Waals surface area contributed by atoms with Crippen molar-refractivity contribution in [2.45, 2.75) is 38.8 Å². The number of nitrogens with zero attached hydrogens (tertiary/aromatic N) is 2. The molecule has 0 atom stereocenters. The minimum Gasteiger partial charge on any atom is -0.480 e. The molecule has 1 aliphatic carbocycles. The average molecular weight is 433 g/mol. The highest BCUT2D eigenvalue weighted by Gasteiger charge is 2.25. The van der Waals surface area contributed by atoms with E-state index in [-0.39, 0.29) is 12.3 Å². The SMILES string of the molecule is O=C(O)Cn1c(=O)c2c3c(sc2n(CC(=O)c2ccc(Cl)cc2)c1=O)CCCC3. The fraction of sp³-hybridized carbons (Fsp3) is 0.300. The number of hydrogen-bond acceptors (Lipinski definition) is 5. The Morgan fingerprint density at radius 2 is 1.72 bits per heavy atom. The van der Waals surface area contributed by atoms with Crippen molar-refractivity contribution in [1.82, 2.24) is 9.13 Å². The maximum Gasteiger partial charge on any atom is 0.333 e. The lowest BCUT2D eigenvalue weighted by molar-refractivity contribution is -0.137. The number of carbonyl (C=O) groups excluding carboxylic acids is 1. The van der Waals surface area contributed by atoms with Gasteiger partial charge in [0.15, 0.2) is 5.78 Å². The van der Waals surface area contributed by atoms with E-state index in [0.29, 0.717) is 31.8 Å². The number of rotatable bonds is 5. The van der Waals surface area contributed by atoms with E-state index >= 15 is 0 Å². The molecule has 0 bridgehead atoms. The largest absolute Gasteiger partial charge is 0.480 e. The van der Waals surface area contributed by atoms with Gasteiger partial charge >= 0.3 is 11.7 Å². The summed E-state index contributed by atoms with van der Waals surface area (Å²) in [6.45, 7) is -1.02. The number of carbonyl (C=O) groups is 2. The van der Waals surface area contributed by atoms with Gasteiger partial charge in [-0.25, -0.2) is 9.36 Å². The Kier molecular flexibility index (Phi) is 5.14. The monoisotopic (exact) mass is 432 g/mol.